The molecule has 0 bridgehead atoms. The number of unbranched alkanes of at least 4 members (excludes halogenated alkanes) is 1. The van der Waals surface area contributed by atoms with Gasteiger partial charge in [0, 0.05) is 12.5 Å². The molecule has 42 heavy (non-hydrogen) atoms. The molecule has 10 nitrogen and oxygen atoms in total. The zero-order valence-electron chi connectivity index (χ0n) is 23.2. The van der Waals surface area contributed by atoms with Crippen LogP contribution in [0.3, 0.4) is 0 Å². The smallest absolute Gasteiger partial charge is 0.407 e. The summed E-state index contributed by atoms with van der Waals surface area (Å²) in [6.07, 6.45) is -0.668. The van der Waals surface area contributed by atoms with Gasteiger partial charge in [-0.1, -0.05) is 97.2 Å². The Balaban J connectivity index is 1.48. The van der Waals surface area contributed by atoms with Crippen molar-refractivity contribution >= 4 is 58.9 Å². The molecule has 2 aromatic rings. The highest BCUT2D eigenvalue weighted by atomic mass is 35.6. The molecule has 0 unspecified atom stereocenters. The van der Waals surface area contributed by atoms with Gasteiger partial charge in [-0.05, 0) is 47.4 Å². The number of nitrogens with one attached hydrogen (secondary N) is 3. The number of ether oxygens (including phenoxy) is 2. The standard InChI is InChI=1S/C29H34Cl3N3O7/c1-17(2)24(25(36)34-23(26(37)38)13-7-8-14-33-27(39)42-16-29(30,31)32)35-28(40)41-15-22-20-11-5-3-9-18(20)19-10-4-6-12-21(19)22/h3-6,9-12,17,22-24H,7-8,13-16H2,1-2H3,(H,33,39)(H,34,36)(H,35,40)(H,37,38)/t23-,24-/m0/s1. The number of carboxylic acids is 1. The number of aliphatic carboxylic acids is 1. The molecule has 0 heterocycles. The predicted octanol–water partition coefficient (Wildman–Crippen LogP) is 5.39. The monoisotopic (exact) mass is 641 g/mol. The molecule has 228 valence electrons. The first-order valence-corrected chi connectivity index (χ1v) is 14.6. The summed E-state index contributed by atoms with van der Waals surface area (Å²) in [5, 5.41) is 17.2. The van der Waals surface area contributed by atoms with E-state index < -0.39 is 46.5 Å². The first-order chi connectivity index (χ1) is 19.9. The Bertz CT molecular complexity index is 1220. The molecular weight excluding hydrogens is 609 g/mol. The molecule has 0 radical (unpaired) electrons. The Morgan fingerprint density at radius 1 is 0.881 bits per heavy atom. The van der Waals surface area contributed by atoms with Gasteiger partial charge in [-0.25, -0.2) is 14.4 Å². The van der Waals surface area contributed by atoms with Crippen molar-refractivity contribution < 1.29 is 33.8 Å². The Kier molecular flexibility index (Phi) is 12.1. The van der Waals surface area contributed by atoms with E-state index in [0.29, 0.717) is 12.8 Å². The minimum Gasteiger partial charge on any atom is -0.480 e. The molecule has 3 rings (SSSR count). The van der Waals surface area contributed by atoms with Crippen LogP contribution in [-0.2, 0) is 19.1 Å². The van der Waals surface area contributed by atoms with Crippen LogP contribution in [0.1, 0.15) is 50.2 Å². The van der Waals surface area contributed by atoms with Gasteiger partial charge in [0.1, 0.15) is 25.3 Å². The van der Waals surface area contributed by atoms with Crippen LogP contribution in [0.15, 0.2) is 48.5 Å². The lowest BCUT2D eigenvalue weighted by atomic mass is 9.98. The molecule has 1 aliphatic rings. The Morgan fingerprint density at radius 2 is 1.48 bits per heavy atom. The number of carbonyl (C=O) groups is 4. The van der Waals surface area contributed by atoms with Crippen molar-refractivity contribution in [3.63, 3.8) is 0 Å². The highest BCUT2D eigenvalue weighted by molar-refractivity contribution is 6.67. The number of fused-ring (bicyclic) bond motifs is 3. The molecule has 13 heteroatoms. The number of rotatable bonds is 13. The quantitative estimate of drug-likeness (QED) is 0.170. The fourth-order valence-corrected chi connectivity index (χ4v) is 4.85. The summed E-state index contributed by atoms with van der Waals surface area (Å²) in [4.78, 5) is 49.2. The molecule has 0 fully saturated rings. The summed E-state index contributed by atoms with van der Waals surface area (Å²) >= 11 is 16.6. The van der Waals surface area contributed by atoms with Crippen LogP contribution in [0.4, 0.5) is 9.59 Å². The third-order valence-electron chi connectivity index (χ3n) is 6.74. The topological polar surface area (TPSA) is 143 Å². The van der Waals surface area contributed by atoms with Crippen molar-refractivity contribution in [2.24, 2.45) is 5.92 Å². The maximum Gasteiger partial charge on any atom is 0.407 e. The minimum absolute atomic E-state index is 0.0795. The average molecular weight is 643 g/mol. The molecule has 2 aromatic carbocycles. The van der Waals surface area contributed by atoms with E-state index >= 15 is 0 Å². The lowest BCUT2D eigenvalue weighted by Crippen LogP contribution is -2.53. The van der Waals surface area contributed by atoms with E-state index in [-0.39, 0.29) is 31.4 Å². The lowest BCUT2D eigenvalue weighted by Gasteiger charge is -2.24. The van der Waals surface area contributed by atoms with Crippen molar-refractivity contribution in [3.8, 4) is 11.1 Å². The van der Waals surface area contributed by atoms with Crippen LogP contribution < -0.4 is 16.0 Å². The first-order valence-electron chi connectivity index (χ1n) is 13.5. The molecule has 0 aromatic heterocycles. The van der Waals surface area contributed by atoms with Crippen LogP contribution in [0.5, 0.6) is 0 Å². The van der Waals surface area contributed by atoms with Gasteiger partial charge < -0.3 is 30.5 Å². The Morgan fingerprint density at radius 3 is 2.02 bits per heavy atom. The van der Waals surface area contributed by atoms with Gasteiger partial charge in [0.15, 0.2) is 0 Å². The second-order valence-electron chi connectivity index (χ2n) is 10.2. The van der Waals surface area contributed by atoms with Crippen molar-refractivity contribution in [1.29, 1.82) is 0 Å². The van der Waals surface area contributed by atoms with E-state index in [1.807, 2.05) is 48.5 Å². The first kappa shape index (κ1) is 33.3. The highest BCUT2D eigenvalue weighted by Gasteiger charge is 2.31. The van der Waals surface area contributed by atoms with Crippen LogP contribution in [0, 0.1) is 5.92 Å². The second kappa shape index (κ2) is 15.3. The summed E-state index contributed by atoms with van der Waals surface area (Å²) in [6, 6.07) is 13.7. The number of benzene rings is 2. The molecule has 1 aliphatic carbocycles. The molecule has 0 saturated carbocycles. The molecule has 0 aliphatic heterocycles. The number of hydrogen-bond acceptors (Lipinski definition) is 6. The van der Waals surface area contributed by atoms with E-state index in [1.54, 1.807) is 13.8 Å². The van der Waals surface area contributed by atoms with E-state index in [0.717, 1.165) is 22.3 Å². The van der Waals surface area contributed by atoms with Crippen molar-refractivity contribution in [1.82, 2.24) is 16.0 Å². The number of halogens is 3. The number of alkyl carbamates (subject to hydrolysis) is 2. The third-order valence-corrected chi connectivity index (χ3v) is 7.06. The zero-order valence-corrected chi connectivity index (χ0v) is 25.5. The van der Waals surface area contributed by atoms with Crippen molar-refractivity contribution in [2.75, 3.05) is 19.8 Å². The van der Waals surface area contributed by atoms with Gasteiger partial charge in [-0.3, -0.25) is 4.79 Å². The van der Waals surface area contributed by atoms with Crippen LogP contribution in [-0.4, -0.2) is 64.8 Å². The third kappa shape index (κ3) is 9.68. The van der Waals surface area contributed by atoms with E-state index in [9.17, 15) is 24.3 Å². The number of carboxylic acid groups (broad SMARTS) is 1. The van der Waals surface area contributed by atoms with Gasteiger partial charge in [-0.2, -0.15) is 0 Å². The number of alkyl halides is 3. The van der Waals surface area contributed by atoms with Gasteiger partial charge in [0.25, 0.3) is 0 Å². The summed E-state index contributed by atoms with van der Waals surface area (Å²) in [5.41, 5.74) is 4.31. The van der Waals surface area contributed by atoms with Crippen molar-refractivity contribution in [2.45, 2.75) is 54.9 Å². The molecule has 0 saturated heterocycles. The molecule has 4 N–H and O–H groups in total. The second-order valence-corrected chi connectivity index (χ2v) is 12.7. The summed E-state index contributed by atoms with van der Waals surface area (Å²) < 4.78 is 8.57. The SMILES string of the molecule is CC(C)[C@H](NC(=O)OCC1c2ccccc2-c2ccccc21)C(=O)N[C@@H](CCCCNC(=O)OCC(Cl)(Cl)Cl)C(=O)O. The van der Waals surface area contributed by atoms with Crippen LogP contribution in [0.25, 0.3) is 11.1 Å². The van der Waals surface area contributed by atoms with Crippen LogP contribution >= 0.6 is 34.8 Å². The number of amides is 3. The fourth-order valence-electron chi connectivity index (χ4n) is 4.68. The molecule has 0 spiro atoms. The van der Waals surface area contributed by atoms with Gasteiger partial charge in [-0.15, -0.1) is 0 Å². The number of hydrogen-bond donors (Lipinski definition) is 4. The average Bonchev–Trinajstić information content (AvgIpc) is 3.25. The molecule has 2 atom stereocenters. The van der Waals surface area contributed by atoms with Gasteiger partial charge >= 0.3 is 18.2 Å². The maximum atomic E-state index is 13.0. The zero-order chi connectivity index (χ0) is 30.9. The maximum absolute atomic E-state index is 13.0. The highest BCUT2D eigenvalue weighted by Crippen LogP contribution is 2.44. The van der Waals surface area contributed by atoms with Gasteiger partial charge in [0.05, 0.1) is 0 Å². The molecular formula is C29H34Cl3N3O7. The van der Waals surface area contributed by atoms with E-state index in [2.05, 4.69) is 16.0 Å². The largest absolute Gasteiger partial charge is 0.480 e. The van der Waals surface area contributed by atoms with E-state index in [1.165, 1.54) is 0 Å². The number of carbonyl (C=O) groups excluding carboxylic acids is 3. The van der Waals surface area contributed by atoms with E-state index in [4.69, 9.17) is 44.3 Å². The Hall–Kier alpha value is -3.21. The lowest BCUT2D eigenvalue weighted by molar-refractivity contribution is -0.142. The summed E-state index contributed by atoms with van der Waals surface area (Å²) in [5.74, 6) is -2.35. The summed E-state index contributed by atoms with van der Waals surface area (Å²) in [6.45, 7) is 3.32. The van der Waals surface area contributed by atoms with Gasteiger partial charge in [0.2, 0.25) is 9.70 Å². The normalized spacial score (nSPS) is 13.9. The Labute approximate surface area is 259 Å². The summed E-state index contributed by atoms with van der Waals surface area (Å²) in [7, 11) is 0. The molecule has 3 amide bonds. The minimum atomic E-state index is -1.72. The van der Waals surface area contributed by atoms with Crippen molar-refractivity contribution in [3.05, 3.63) is 59.7 Å². The van der Waals surface area contributed by atoms with Crippen LogP contribution in [0.2, 0.25) is 0 Å². The predicted molar refractivity (Wildman–Crippen MR) is 160 cm³/mol. The fraction of sp³-hybridized carbons (Fsp3) is 0.448.